The standard InChI is InChI=1S/C10H20F3N3O2S/c1-2-14-7-9-5-3-4-6-16(9)19(17,18)15-8-10(11,12)13/h9,14-15H,2-8H2,1H3. The first kappa shape index (κ1) is 16.7. The summed E-state index contributed by atoms with van der Waals surface area (Å²) >= 11 is 0. The monoisotopic (exact) mass is 303 g/mol. The third-order valence-corrected chi connectivity index (χ3v) is 4.57. The minimum Gasteiger partial charge on any atom is -0.315 e. The first-order valence-electron chi connectivity index (χ1n) is 6.30. The molecule has 1 unspecified atom stereocenters. The summed E-state index contributed by atoms with van der Waals surface area (Å²) in [6.45, 7) is 1.79. The van der Waals surface area contributed by atoms with Crippen molar-refractivity contribution in [2.75, 3.05) is 26.2 Å². The Kier molecular flexibility index (Phi) is 6.03. The van der Waals surface area contributed by atoms with E-state index in [1.807, 2.05) is 6.92 Å². The van der Waals surface area contributed by atoms with Crippen LogP contribution in [-0.4, -0.2) is 51.1 Å². The van der Waals surface area contributed by atoms with E-state index in [4.69, 9.17) is 0 Å². The van der Waals surface area contributed by atoms with Gasteiger partial charge in [-0.3, -0.25) is 0 Å². The number of nitrogens with zero attached hydrogens (tertiary/aromatic N) is 1. The lowest BCUT2D eigenvalue weighted by molar-refractivity contribution is -0.121. The third-order valence-electron chi connectivity index (χ3n) is 2.97. The van der Waals surface area contributed by atoms with Crippen LogP contribution in [-0.2, 0) is 10.2 Å². The van der Waals surface area contributed by atoms with Gasteiger partial charge in [0, 0.05) is 19.1 Å². The van der Waals surface area contributed by atoms with Gasteiger partial charge in [-0.15, -0.1) is 0 Å². The third kappa shape index (κ3) is 5.64. The van der Waals surface area contributed by atoms with E-state index in [-0.39, 0.29) is 12.6 Å². The van der Waals surface area contributed by atoms with Crippen molar-refractivity contribution in [3.8, 4) is 0 Å². The van der Waals surface area contributed by atoms with E-state index in [0.29, 0.717) is 25.9 Å². The minimum absolute atomic E-state index is 0.267. The molecule has 1 atom stereocenters. The summed E-state index contributed by atoms with van der Waals surface area (Å²) in [5, 5.41) is 3.04. The molecule has 1 fully saturated rings. The SMILES string of the molecule is CCNCC1CCCCN1S(=O)(=O)NCC(F)(F)F. The lowest BCUT2D eigenvalue weighted by Crippen LogP contribution is -2.53. The van der Waals surface area contributed by atoms with Crippen LogP contribution < -0.4 is 10.0 Å². The maximum absolute atomic E-state index is 12.1. The molecule has 0 aromatic heterocycles. The van der Waals surface area contributed by atoms with Crippen LogP contribution in [0.1, 0.15) is 26.2 Å². The zero-order valence-electron chi connectivity index (χ0n) is 10.8. The fourth-order valence-corrected chi connectivity index (χ4v) is 3.52. The Balaban J connectivity index is 2.67. The highest BCUT2D eigenvalue weighted by molar-refractivity contribution is 7.87. The largest absolute Gasteiger partial charge is 0.402 e. The topological polar surface area (TPSA) is 61.4 Å². The molecule has 0 bridgehead atoms. The molecule has 1 heterocycles. The first-order valence-corrected chi connectivity index (χ1v) is 7.74. The molecule has 0 amide bonds. The molecule has 0 saturated carbocycles. The van der Waals surface area contributed by atoms with Crippen molar-refractivity contribution in [2.24, 2.45) is 0 Å². The molecular formula is C10H20F3N3O2S. The van der Waals surface area contributed by atoms with Crippen molar-refractivity contribution in [3.05, 3.63) is 0 Å². The fraction of sp³-hybridized carbons (Fsp3) is 1.00. The molecule has 114 valence electrons. The van der Waals surface area contributed by atoms with E-state index < -0.39 is 22.9 Å². The van der Waals surface area contributed by atoms with Gasteiger partial charge in [-0.25, -0.2) is 0 Å². The van der Waals surface area contributed by atoms with Gasteiger partial charge in [-0.1, -0.05) is 13.3 Å². The number of nitrogens with one attached hydrogen (secondary N) is 2. The summed E-state index contributed by atoms with van der Waals surface area (Å²) in [6.07, 6.45) is -2.31. The maximum atomic E-state index is 12.1. The van der Waals surface area contributed by atoms with Crippen LogP contribution in [0.4, 0.5) is 13.2 Å². The van der Waals surface area contributed by atoms with E-state index in [0.717, 1.165) is 10.7 Å². The molecule has 2 N–H and O–H groups in total. The Hall–Kier alpha value is -0.380. The quantitative estimate of drug-likeness (QED) is 0.764. The second-order valence-corrected chi connectivity index (χ2v) is 6.22. The van der Waals surface area contributed by atoms with Gasteiger partial charge in [0.15, 0.2) is 0 Å². The molecule has 1 rings (SSSR count). The van der Waals surface area contributed by atoms with Crippen molar-refractivity contribution in [2.45, 2.75) is 38.4 Å². The zero-order valence-corrected chi connectivity index (χ0v) is 11.6. The number of rotatable bonds is 6. The summed E-state index contributed by atoms with van der Waals surface area (Å²) < 4.78 is 62.8. The average Bonchev–Trinajstić information content (AvgIpc) is 2.34. The number of likely N-dealkylation sites (N-methyl/N-ethyl adjacent to an activating group) is 1. The molecule has 1 aliphatic heterocycles. The van der Waals surface area contributed by atoms with Gasteiger partial charge < -0.3 is 5.32 Å². The molecule has 9 heteroatoms. The van der Waals surface area contributed by atoms with Crippen molar-refractivity contribution in [1.29, 1.82) is 0 Å². The summed E-state index contributed by atoms with van der Waals surface area (Å²) in [4.78, 5) is 0. The van der Waals surface area contributed by atoms with Gasteiger partial charge in [0.05, 0.1) is 0 Å². The Morgan fingerprint density at radius 3 is 2.58 bits per heavy atom. The highest BCUT2D eigenvalue weighted by atomic mass is 32.2. The Morgan fingerprint density at radius 2 is 2.00 bits per heavy atom. The maximum Gasteiger partial charge on any atom is 0.402 e. The molecule has 19 heavy (non-hydrogen) atoms. The van der Waals surface area contributed by atoms with Crippen LogP contribution in [0.25, 0.3) is 0 Å². The average molecular weight is 303 g/mol. The summed E-state index contributed by atoms with van der Waals surface area (Å²) in [5.74, 6) is 0. The summed E-state index contributed by atoms with van der Waals surface area (Å²) in [5.41, 5.74) is 0. The van der Waals surface area contributed by atoms with Crippen LogP contribution in [0, 0.1) is 0 Å². The van der Waals surface area contributed by atoms with Crippen molar-refractivity contribution < 1.29 is 21.6 Å². The Labute approximate surface area is 111 Å². The molecule has 0 aromatic rings. The lowest BCUT2D eigenvalue weighted by atomic mass is 10.1. The van der Waals surface area contributed by atoms with Gasteiger partial charge in [0.25, 0.3) is 10.2 Å². The number of alkyl halides is 3. The van der Waals surface area contributed by atoms with E-state index in [1.54, 1.807) is 4.72 Å². The van der Waals surface area contributed by atoms with Crippen molar-refractivity contribution >= 4 is 10.2 Å². The fourth-order valence-electron chi connectivity index (χ4n) is 2.06. The molecule has 5 nitrogen and oxygen atoms in total. The van der Waals surface area contributed by atoms with E-state index in [9.17, 15) is 21.6 Å². The van der Waals surface area contributed by atoms with Gasteiger partial charge >= 0.3 is 6.18 Å². The van der Waals surface area contributed by atoms with Crippen LogP contribution in [0.5, 0.6) is 0 Å². The minimum atomic E-state index is -4.54. The highest BCUT2D eigenvalue weighted by Crippen LogP contribution is 2.20. The number of halogens is 3. The Bertz CT molecular complexity index is 373. The summed E-state index contributed by atoms with van der Waals surface area (Å²) in [6, 6.07) is -0.278. The molecule has 1 saturated heterocycles. The number of hydrogen-bond acceptors (Lipinski definition) is 3. The van der Waals surface area contributed by atoms with E-state index >= 15 is 0 Å². The van der Waals surface area contributed by atoms with Gasteiger partial charge in [0.1, 0.15) is 6.54 Å². The van der Waals surface area contributed by atoms with Crippen LogP contribution in [0.3, 0.4) is 0 Å². The second kappa shape index (κ2) is 6.87. The molecule has 1 aliphatic rings. The number of hydrogen-bond donors (Lipinski definition) is 2. The van der Waals surface area contributed by atoms with Gasteiger partial charge in [-0.05, 0) is 19.4 Å². The molecule has 0 radical (unpaired) electrons. The predicted octanol–water partition coefficient (Wildman–Crippen LogP) is 0.847. The van der Waals surface area contributed by atoms with Crippen molar-refractivity contribution in [3.63, 3.8) is 0 Å². The second-order valence-electron chi connectivity index (χ2n) is 4.51. The van der Waals surface area contributed by atoms with Crippen LogP contribution >= 0.6 is 0 Å². The Morgan fingerprint density at radius 1 is 1.32 bits per heavy atom. The predicted molar refractivity (Wildman–Crippen MR) is 65.9 cm³/mol. The highest BCUT2D eigenvalue weighted by Gasteiger charge is 2.35. The van der Waals surface area contributed by atoms with Gasteiger partial charge in [0.2, 0.25) is 0 Å². The lowest BCUT2D eigenvalue weighted by Gasteiger charge is -2.34. The van der Waals surface area contributed by atoms with Crippen LogP contribution in [0.2, 0.25) is 0 Å². The zero-order chi connectivity index (χ0) is 14.5. The van der Waals surface area contributed by atoms with E-state index in [2.05, 4.69) is 5.32 Å². The molecule has 0 aromatic carbocycles. The van der Waals surface area contributed by atoms with Crippen molar-refractivity contribution in [1.82, 2.24) is 14.3 Å². The first-order chi connectivity index (χ1) is 8.76. The molecule has 0 aliphatic carbocycles. The number of piperidine rings is 1. The molecular weight excluding hydrogens is 283 g/mol. The molecule has 0 spiro atoms. The summed E-state index contributed by atoms with van der Waals surface area (Å²) in [7, 11) is -4.07. The normalized spacial score (nSPS) is 22.6. The van der Waals surface area contributed by atoms with E-state index in [1.165, 1.54) is 0 Å². The van der Waals surface area contributed by atoms with Crippen LogP contribution in [0.15, 0.2) is 0 Å². The van der Waals surface area contributed by atoms with Gasteiger partial charge in [-0.2, -0.15) is 30.6 Å². The smallest absolute Gasteiger partial charge is 0.315 e.